The van der Waals surface area contributed by atoms with Crippen molar-refractivity contribution in [1.82, 2.24) is 5.32 Å². The molecule has 0 bridgehead atoms. The molecule has 1 heterocycles. The molecule has 0 aromatic heterocycles. The molecular weight excluding hydrogens is 269 g/mol. The number of hydrogen-bond acceptors (Lipinski definition) is 3. The van der Waals surface area contributed by atoms with E-state index in [0.29, 0.717) is 6.04 Å². The van der Waals surface area contributed by atoms with Crippen molar-refractivity contribution in [2.24, 2.45) is 0 Å². The third-order valence-corrected chi connectivity index (χ3v) is 2.94. The summed E-state index contributed by atoms with van der Waals surface area (Å²) in [5, 5.41) is 9.13. The Kier molecular flexibility index (Phi) is 6.05. The first-order valence-electron chi connectivity index (χ1n) is 6.19. The predicted molar refractivity (Wildman–Crippen MR) is 77.5 cm³/mol. The minimum Gasteiger partial charge on any atom is -0.381 e. The minimum atomic E-state index is -0.419. The van der Waals surface area contributed by atoms with Crippen molar-refractivity contribution in [3.8, 4) is 0 Å². The molecule has 6 heteroatoms. The maximum absolute atomic E-state index is 13.5. The van der Waals surface area contributed by atoms with Gasteiger partial charge in [-0.25, -0.2) is 4.39 Å². The molecule has 1 fully saturated rings. The third kappa shape index (κ3) is 4.69. The maximum Gasteiger partial charge on any atom is 0.221 e. The molecule has 1 aliphatic rings. The number of benzene rings is 1. The van der Waals surface area contributed by atoms with Crippen LogP contribution in [0.25, 0.3) is 0 Å². The van der Waals surface area contributed by atoms with E-state index < -0.39 is 5.82 Å². The molecule has 1 aliphatic heterocycles. The van der Waals surface area contributed by atoms with Crippen molar-refractivity contribution < 1.29 is 9.18 Å². The molecule has 0 spiro atoms. The average molecular weight is 288 g/mol. The van der Waals surface area contributed by atoms with Crippen LogP contribution in [0.4, 0.5) is 15.8 Å². The lowest BCUT2D eigenvalue weighted by Crippen LogP contribution is -2.38. The minimum absolute atomic E-state index is 0. The molecule has 19 heavy (non-hydrogen) atoms. The number of amides is 1. The van der Waals surface area contributed by atoms with E-state index in [1.165, 1.54) is 13.0 Å². The van der Waals surface area contributed by atoms with E-state index in [4.69, 9.17) is 0 Å². The van der Waals surface area contributed by atoms with Crippen molar-refractivity contribution in [2.75, 3.05) is 23.7 Å². The molecular formula is C13H19ClFN3O. The fourth-order valence-electron chi connectivity index (χ4n) is 2.11. The van der Waals surface area contributed by atoms with Crippen LogP contribution >= 0.6 is 12.4 Å². The quantitative estimate of drug-likeness (QED) is 0.800. The van der Waals surface area contributed by atoms with Crippen molar-refractivity contribution in [2.45, 2.75) is 25.8 Å². The maximum atomic E-state index is 13.5. The number of halogens is 2. The Morgan fingerprint density at radius 3 is 2.89 bits per heavy atom. The highest BCUT2D eigenvalue weighted by atomic mass is 35.5. The summed E-state index contributed by atoms with van der Waals surface area (Å²) in [6, 6.07) is 5.04. The topological polar surface area (TPSA) is 53.2 Å². The van der Waals surface area contributed by atoms with Crippen molar-refractivity contribution >= 4 is 29.7 Å². The fourth-order valence-corrected chi connectivity index (χ4v) is 2.11. The number of piperidine rings is 1. The zero-order chi connectivity index (χ0) is 13.0. The molecule has 1 aromatic rings. The zero-order valence-corrected chi connectivity index (χ0v) is 11.6. The highest BCUT2D eigenvalue weighted by Crippen LogP contribution is 2.21. The van der Waals surface area contributed by atoms with Crippen LogP contribution in [-0.4, -0.2) is 25.0 Å². The molecule has 0 radical (unpaired) electrons. The van der Waals surface area contributed by atoms with E-state index in [9.17, 15) is 9.18 Å². The van der Waals surface area contributed by atoms with E-state index in [0.717, 1.165) is 31.6 Å². The Morgan fingerprint density at radius 1 is 1.47 bits per heavy atom. The molecule has 1 saturated heterocycles. The summed E-state index contributed by atoms with van der Waals surface area (Å²) in [5.74, 6) is -0.692. The summed E-state index contributed by atoms with van der Waals surface area (Å²) in [6.07, 6.45) is 2.23. The number of anilines is 2. The molecule has 4 nitrogen and oxygen atoms in total. The van der Waals surface area contributed by atoms with E-state index in [-0.39, 0.29) is 24.0 Å². The number of rotatable bonds is 3. The summed E-state index contributed by atoms with van der Waals surface area (Å²) >= 11 is 0. The van der Waals surface area contributed by atoms with Crippen LogP contribution in [0.2, 0.25) is 0 Å². The zero-order valence-electron chi connectivity index (χ0n) is 10.8. The van der Waals surface area contributed by atoms with Gasteiger partial charge in [0.15, 0.2) is 0 Å². The Hall–Kier alpha value is -1.33. The molecule has 106 valence electrons. The van der Waals surface area contributed by atoms with Crippen LogP contribution in [0, 0.1) is 5.82 Å². The lowest BCUT2D eigenvalue weighted by Gasteiger charge is -2.25. The van der Waals surface area contributed by atoms with Crippen LogP contribution in [0.3, 0.4) is 0 Å². The largest absolute Gasteiger partial charge is 0.381 e. The van der Waals surface area contributed by atoms with Gasteiger partial charge in [0.2, 0.25) is 5.91 Å². The highest BCUT2D eigenvalue weighted by molar-refractivity contribution is 5.89. The molecule has 1 amide bonds. The first-order chi connectivity index (χ1) is 8.65. The van der Waals surface area contributed by atoms with Gasteiger partial charge in [0.25, 0.3) is 0 Å². The molecule has 1 unspecified atom stereocenters. The monoisotopic (exact) mass is 287 g/mol. The molecule has 3 N–H and O–H groups in total. The van der Waals surface area contributed by atoms with Crippen LogP contribution in [0.15, 0.2) is 18.2 Å². The summed E-state index contributed by atoms with van der Waals surface area (Å²) in [7, 11) is 0. The van der Waals surface area contributed by atoms with E-state index in [1.807, 2.05) is 0 Å². The van der Waals surface area contributed by atoms with Crippen LogP contribution < -0.4 is 16.0 Å². The smallest absolute Gasteiger partial charge is 0.221 e. The Morgan fingerprint density at radius 2 is 2.26 bits per heavy atom. The summed E-state index contributed by atoms with van der Waals surface area (Å²) in [5.41, 5.74) is 1.05. The Labute approximate surface area is 118 Å². The second kappa shape index (κ2) is 7.31. The van der Waals surface area contributed by atoms with Gasteiger partial charge >= 0.3 is 0 Å². The molecule has 1 aromatic carbocycles. The Bertz CT molecular complexity index is 436. The average Bonchev–Trinajstić information content (AvgIpc) is 2.34. The van der Waals surface area contributed by atoms with Gasteiger partial charge in [-0.05, 0) is 37.6 Å². The highest BCUT2D eigenvalue weighted by Gasteiger charge is 2.13. The first kappa shape index (κ1) is 15.7. The van der Waals surface area contributed by atoms with Crippen LogP contribution in [0.5, 0.6) is 0 Å². The van der Waals surface area contributed by atoms with Crippen molar-refractivity contribution in [1.29, 1.82) is 0 Å². The van der Waals surface area contributed by atoms with Gasteiger partial charge in [0.1, 0.15) is 5.82 Å². The van der Waals surface area contributed by atoms with E-state index in [1.54, 1.807) is 12.1 Å². The van der Waals surface area contributed by atoms with Gasteiger partial charge in [-0.1, -0.05) is 0 Å². The van der Waals surface area contributed by atoms with Gasteiger partial charge in [-0.2, -0.15) is 0 Å². The SMILES string of the molecule is CC(=O)Nc1cc(NC2CCCNC2)ccc1F.Cl. The van der Waals surface area contributed by atoms with E-state index >= 15 is 0 Å². The number of carbonyl (C=O) groups excluding carboxylic acids is 1. The number of nitrogens with one attached hydrogen (secondary N) is 3. The van der Waals surface area contributed by atoms with E-state index in [2.05, 4.69) is 16.0 Å². The van der Waals surface area contributed by atoms with Gasteiger partial charge in [0.05, 0.1) is 5.69 Å². The third-order valence-electron chi connectivity index (χ3n) is 2.94. The fraction of sp³-hybridized carbons (Fsp3) is 0.462. The standard InChI is InChI=1S/C13H18FN3O.ClH/c1-9(18)16-13-7-10(4-5-12(13)14)17-11-3-2-6-15-8-11;/h4-5,7,11,15,17H,2-3,6,8H2,1H3,(H,16,18);1H. The number of carbonyl (C=O) groups is 1. The summed E-state index contributed by atoms with van der Waals surface area (Å²) < 4.78 is 13.5. The van der Waals surface area contributed by atoms with Crippen molar-refractivity contribution in [3.63, 3.8) is 0 Å². The van der Waals surface area contributed by atoms with Crippen LogP contribution in [0.1, 0.15) is 19.8 Å². The lowest BCUT2D eigenvalue weighted by molar-refractivity contribution is -0.114. The normalized spacial score (nSPS) is 18.3. The second-order valence-electron chi connectivity index (χ2n) is 4.56. The summed E-state index contributed by atoms with van der Waals surface area (Å²) in [6.45, 7) is 3.33. The summed E-state index contributed by atoms with van der Waals surface area (Å²) in [4.78, 5) is 11.0. The lowest BCUT2D eigenvalue weighted by atomic mass is 10.1. The molecule has 0 aliphatic carbocycles. The number of hydrogen-bond donors (Lipinski definition) is 3. The predicted octanol–water partition coefficient (Wildman–Crippen LogP) is 2.37. The van der Waals surface area contributed by atoms with Crippen LogP contribution in [-0.2, 0) is 4.79 Å². The van der Waals surface area contributed by atoms with Crippen molar-refractivity contribution in [3.05, 3.63) is 24.0 Å². The molecule has 1 atom stereocenters. The van der Waals surface area contributed by atoms with Gasteiger partial charge in [-0.3, -0.25) is 4.79 Å². The molecule has 0 saturated carbocycles. The van der Waals surface area contributed by atoms with Gasteiger partial charge in [0, 0.05) is 25.2 Å². The first-order valence-corrected chi connectivity index (χ1v) is 6.19. The molecule has 2 rings (SSSR count). The van der Waals surface area contributed by atoms with Gasteiger partial charge < -0.3 is 16.0 Å². The second-order valence-corrected chi connectivity index (χ2v) is 4.56. The van der Waals surface area contributed by atoms with Gasteiger partial charge in [-0.15, -0.1) is 12.4 Å². The Balaban J connectivity index is 0.00000180.